The van der Waals surface area contributed by atoms with Crippen molar-refractivity contribution in [1.82, 2.24) is 39.6 Å². The quantitative estimate of drug-likeness (QED) is 0.175. The van der Waals surface area contributed by atoms with Crippen molar-refractivity contribution in [1.29, 1.82) is 0 Å². The highest BCUT2D eigenvalue weighted by Gasteiger charge is 2.32. The minimum atomic E-state index is -0.496. The number of H-pyrrole nitrogens is 1. The third kappa shape index (κ3) is 5.72. The molecule has 8 rings (SSSR count). The van der Waals surface area contributed by atoms with Crippen molar-refractivity contribution in [3.63, 3.8) is 0 Å². The number of aromatic amines is 1. The summed E-state index contributed by atoms with van der Waals surface area (Å²) in [5.41, 5.74) is 7.52. The fourth-order valence-corrected chi connectivity index (χ4v) is 7.78. The standard InChI is InChI=1S/C34H38N11OP/c1-43-20-21(19-38-43)24-17-27(29(46-2)18-28(24)45-15-13-44(14-16-45)22-5-6-22)40-34-41-32-23(9-10-37-32)33(42-34)39-26-8-7-25-30(31(26)47(3)4)36-12-11-35-25/h7-12,17-20,22H,5-6,13-16H2,1-4H3,(H3,37,39,40,41,42). The van der Waals surface area contributed by atoms with E-state index in [4.69, 9.17) is 14.7 Å². The van der Waals surface area contributed by atoms with E-state index in [9.17, 15) is 0 Å². The van der Waals surface area contributed by atoms with Gasteiger partial charge in [-0.25, -0.2) is 0 Å². The molecule has 13 heteroatoms. The number of hydrogen-bond acceptors (Lipinski definition) is 10. The number of methoxy groups -OCH3 is 1. The first-order chi connectivity index (χ1) is 22.9. The number of rotatable bonds is 9. The maximum absolute atomic E-state index is 5.99. The number of nitrogens with one attached hydrogen (secondary N) is 3. The topological polar surface area (TPSA) is 125 Å². The van der Waals surface area contributed by atoms with Crippen molar-refractivity contribution in [2.75, 3.05) is 62.2 Å². The molecule has 1 aliphatic carbocycles. The summed E-state index contributed by atoms with van der Waals surface area (Å²) >= 11 is 0. The Morgan fingerprint density at radius 1 is 0.957 bits per heavy atom. The molecule has 1 aliphatic heterocycles. The Labute approximate surface area is 274 Å². The number of fused-ring (bicyclic) bond motifs is 2. The van der Waals surface area contributed by atoms with Crippen LogP contribution in [0.2, 0.25) is 0 Å². The van der Waals surface area contributed by atoms with E-state index in [0.29, 0.717) is 11.8 Å². The molecular formula is C34H38N11OP. The molecular weight excluding hydrogens is 609 g/mol. The SMILES string of the molecule is COc1cc(N2CCN(C3CC3)CC2)c(-c2cnn(C)c2)cc1Nc1nc(Nc2ccc3nccnc3c2P(C)C)c2cc[nH]c2n1. The normalized spacial score (nSPS) is 15.6. The first-order valence-corrected chi connectivity index (χ1v) is 18.2. The molecule has 0 unspecified atom stereocenters. The Balaban J connectivity index is 1.17. The van der Waals surface area contributed by atoms with Gasteiger partial charge in [-0.2, -0.15) is 15.1 Å². The molecule has 4 aromatic heterocycles. The van der Waals surface area contributed by atoms with Crippen LogP contribution in [-0.4, -0.2) is 92.3 Å². The lowest BCUT2D eigenvalue weighted by molar-refractivity contribution is 0.248. The molecule has 0 atom stereocenters. The molecule has 1 saturated carbocycles. The lowest BCUT2D eigenvalue weighted by Crippen LogP contribution is -2.47. The average molecular weight is 648 g/mol. The van der Waals surface area contributed by atoms with Gasteiger partial charge < -0.3 is 25.3 Å². The number of piperazine rings is 1. The van der Waals surface area contributed by atoms with E-state index < -0.39 is 7.92 Å². The Morgan fingerprint density at radius 3 is 2.53 bits per heavy atom. The summed E-state index contributed by atoms with van der Waals surface area (Å²) in [5, 5.41) is 13.7. The van der Waals surface area contributed by atoms with Gasteiger partial charge in [0.1, 0.15) is 17.2 Å². The van der Waals surface area contributed by atoms with Gasteiger partial charge in [0.15, 0.2) is 0 Å². The van der Waals surface area contributed by atoms with Crippen LogP contribution in [0, 0.1) is 0 Å². The number of aromatic nitrogens is 7. The number of ether oxygens (including phenoxy) is 1. The van der Waals surface area contributed by atoms with Gasteiger partial charge in [-0.15, -0.1) is 0 Å². The Kier molecular flexibility index (Phi) is 7.61. The molecule has 3 N–H and O–H groups in total. The first kappa shape index (κ1) is 29.6. The van der Waals surface area contributed by atoms with Crippen LogP contribution in [0.15, 0.2) is 61.3 Å². The monoisotopic (exact) mass is 647 g/mol. The lowest BCUT2D eigenvalue weighted by atomic mass is 10.0. The van der Waals surface area contributed by atoms with Crippen LogP contribution < -0.4 is 25.6 Å². The second-order valence-corrected chi connectivity index (χ2v) is 14.6. The zero-order valence-electron chi connectivity index (χ0n) is 27.0. The van der Waals surface area contributed by atoms with Crippen LogP contribution >= 0.6 is 7.92 Å². The van der Waals surface area contributed by atoms with Gasteiger partial charge in [-0.05, 0) is 50.4 Å². The lowest BCUT2D eigenvalue weighted by Gasteiger charge is -2.37. The molecule has 47 heavy (non-hydrogen) atoms. The van der Waals surface area contributed by atoms with Crippen molar-refractivity contribution >= 4 is 64.1 Å². The Hall–Kier alpha value is -4.80. The zero-order valence-corrected chi connectivity index (χ0v) is 27.9. The van der Waals surface area contributed by atoms with Crippen LogP contribution in [0.3, 0.4) is 0 Å². The molecule has 0 radical (unpaired) electrons. The zero-order chi connectivity index (χ0) is 32.1. The minimum Gasteiger partial charge on any atom is -0.494 e. The van der Waals surface area contributed by atoms with E-state index >= 15 is 0 Å². The highest BCUT2D eigenvalue weighted by molar-refractivity contribution is 7.65. The third-order valence-corrected chi connectivity index (χ3v) is 10.4. The summed E-state index contributed by atoms with van der Waals surface area (Å²) in [5.74, 6) is 1.86. The van der Waals surface area contributed by atoms with Crippen LogP contribution in [0.5, 0.6) is 5.75 Å². The fourth-order valence-electron chi connectivity index (χ4n) is 6.57. The van der Waals surface area contributed by atoms with E-state index in [1.54, 1.807) is 19.5 Å². The van der Waals surface area contributed by atoms with Gasteiger partial charge >= 0.3 is 0 Å². The average Bonchev–Trinajstić information content (AvgIpc) is 3.67. The Morgan fingerprint density at radius 2 is 1.79 bits per heavy atom. The molecule has 0 amide bonds. The largest absolute Gasteiger partial charge is 0.494 e. The summed E-state index contributed by atoms with van der Waals surface area (Å²) in [6.07, 6.45) is 12.0. The van der Waals surface area contributed by atoms with Gasteiger partial charge in [-0.1, -0.05) is 7.92 Å². The van der Waals surface area contributed by atoms with E-state index in [-0.39, 0.29) is 0 Å². The summed E-state index contributed by atoms with van der Waals surface area (Å²) in [6, 6.07) is 11.1. The van der Waals surface area contributed by atoms with Gasteiger partial charge in [0.2, 0.25) is 5.95 Å². The van der Waals surface area contributed by atoms with Crippen molar-refractivity contribution in [2.45, 2.75) is 18.9 Å². The number of nitrogens with zero attached hydrogens (tertiary/aromatic N) is 8. The maximum Gasteiger partial charge on any atom is 0.231 e. The van der Waals surface area contributed by atoms with E-state index in [1.807, 2.05) is 36.3 Å². The van der Waals surface area contributed by atoms with Gasteiger partial charge in [-0.3, -0.25) is 19.5 Å². The van der Waals surface area contributed by atoms with Crippen molar-refractivity contribution in [3.8, 4) is 16.9 Å². The van der Waals surface area contributed by atoms with E-state index in [2.05, 4.69) is 78.2 Å². The first-order valence-electron chi connectivity index (χ1n) is 16.0. The second-order valence-electron chi connectivity index (χ2n) is 12.4. The molecule has 5 heterocycles. The molecule has 2 fully saturated rings. The van der Waals surface area contributed by atoms with Crippen molar-refractivity contribution < 1.29 is 4.74 Å². The maximum atomic E-state index is 5.99. The second kappa shape index (κ2) is 12.1. The third-order valence-electron chi connectivity index (χ3n) is 9.03. The summed E-state index contributed by atoms with van der Waals surface area (Å²) < 4.78 is 7.83. The van der Waals surface area contributed by atoms with Crippen LogP contribution in [-0.2, 0) is 7.05 Å². The number of benzene rings is 2. The summed E-state index contributed by atoms with van der Waals surface area (Å²) in [4.78, 5) is 27.4. The van der Waals surface area contributed by atoms with Crippen LogP contribution in [0.1, 0.15) is 12.8 Å². The van der Waals surface area contributed by atoms with Crippen LogP contribution in [0.4, 0.5) is 28.8 Å². The summed E-state index contributed by atoms with van der Waals surface area (Å²) in [6.45, 7) is 8.55. The van der Waals surface area contributed by atoms with E-state index in [0.717, 1.165) is 93.5 Å². The number of aryl methyl sites for hydroxylation is 1. The molecule has 240 valence electrons. The van der Waals surface area contributed by atoms with Gasteiger partial charge in [0.25, 0.3) is 0 Å². The molecule has 0 bridgehead atoms. The predicted molar refractivity (Wildman–Crippen MR) is 190 cm³/mol. The number of anilines is 5. The highest BCUT2D eigenvalue weighted by atomic mass is 31.1. The molecule has 0 spiro atoms. The van der Waals surface area contributed by atoms with Gasteiger partial charge in [0.05, 0.1) is 35.4 Å². The smallest absolute Gasteiger partial charge is 0.231 e. The predicted octanol–water partition coefficient (Wildman–Crippen LogP) is 5.45. The highest BCUT2D eigenvalue weighted by Crippen LogP contribution is 2.42. The molecule has 2 aromatic carbocycles. The fraction of sp³-hybridized carbons (Fsp3) is 0.324. The van der Waals surface area contributed by atoms with Crippen LogP contribution in [0.25, 0.3) is 33.2 Å². The summed E-state index contributed by atoms with van der Waals surface area (Å²) in [7, 11) is 3.16. The molecule has 6 aromatic rings. The Bertz CT molecular complexity index is 2080. The van der Waals surface area contributed by atoms with Gasteiger partial charge in [0, 0.05) is 97.9 Å². The molecule has 12 nitrogen and oxygen atoms in total. The van der Waals surface area contributed by atoms with E-state index in [1.165, 1.54) is 12.8 Å². The number of hydrogen-bond donors (Lipinski definition) is 3. The van der Waals surface area contributed by atoms with Crippen molar-refractivity contribution in [3.05, 3.63) is 61.3 Å². The van der Waals surface area contributed by atoms with Crippen molar-refractivity contribution in [2.24, 2.45) is 7.05 Å². The molecule has 2 aliphatic rings. The minimum absolute atomic E-state index is 0.445. The molecule has 1 saturated heterocycles.